The van der Waals surface area contributed by atoms with E-state index in [4.69, 9.17) is 0 Å². The predicted octanol–water partition coefficient (Wildman–Crippen LogP) is 2.17. The van der Waals surface area contributed by atoms with Crippen molar-refractivity contribution in [3.63, 3.8) is 0 Å². The van der Waals surface area contributed by atoms with Crippen LogP contribution in [0.15, 0.2) is 15.9 Å². The Hall–Kier alpha value is 0.1000. The van der Waals surface area contributed by atoms with Crippen molar-refractivity contribution in [3.05, 3.63) is 20.8 Å². The third-order valence-electron chi connectivity index (χ3n) is 2.71. The van der Waals surface area contributed by atoms with Crippen LogP contribution < -0.4 is 5.32 Å². The zero-order valence-corrected chi connectivity index (χ0v) is 10.3. The highest BCUT2D eigenvalue weighted by atomic mass is 79.9. The smallest absolute Gasteiger partial charge is 0.0720 e. The van der Waals surface area contributed by atoms with E-state index in [-0.39, 0.29) is 0 Å². The number of piperidine rings is 1. The minimum absolute atomic E-state index is 0.487. The first-order chi connectivity index (χ1) is 6.70. The van der Waals surface area contributed by atoms with Crippen molar-refractivity contribution >= 4 is 27.3 Å². The van der Waals surface area contributed by atoms with E-state index < -0.39 is 5.60 Å². The van der Waals surface area contributed by atoms with Crippen molar-refractivity contribution in [3.8, 4) is 0 Å². The normalized spacial score (nSPS) is 21.0. The fraction of sp³-hybridized carbons (Fsp3) is 0.600. The van der Waals surface area contributed by atoms with Gasteiger partial charge in [0.1, 0.15) is 0 Å². The van der Waals surface area contributed by atoms with E-state index in [1.54, 1.807) is 11.3 Å². The highest BCUT2D eigenvalue weighted by molar-refractivity contribution is 9.10. The van der Waals surface area contributed by atoms with Crippen molar-refractivity contribution in [1.29, 1.82) is 0 Å². The minimum Gasteiger partial charge on any atom is -0.389 e. The van der Waals surface area contributed by atoms with Gasteiger partial charge in [-0.1, -0.05) is 0 Å². The molecule has 4 heteroatoms. The molecule has 0 bridgehead atoms. The van der Waals surface area contributed by atoms with Crippen molar-refractivity contribution in [2.24, 2.45) is 0 Å². The van der Waals surface area contributed by atoms with E-state index in [1.165, 1.54) is 4.88 Å². The molecule has 14 heavy (non-hydrogen) atoms. The van der Waals surface area contributed by atoms with Gasteiger partial charge in [0.15, 0.2) is 0 Å². The van der Waals surface area contributed by atoms with E-state index in [0.29, 0.717) is 0 Å². The molecular weight excluding hydrogens is 262 g/mol. The highest BCUT2D eigenvalue weighted by Gasteiger charge is 2.30. The number of hydrogen-bond acceptors (Lipinski definition) is 3. The van der Waals surface area contributed by atoms with Crippen LogP contribution in [0.25, 0.3) is 0 Å². The largest absolute Gasteiger partial charge is 0.389 e. The molecule has 0 aliphatic carbocycles. The molecule has 0 aromatic carbocycles. The predicted molar refractivity (Wildman–Crippen MR) is 62.8 cm³/mol. The van der Waals surface area contributed by atoms with Crippen molar-refractivity contribution in [2.75, 3.05) is 13.1 Å². The Kier molecular flexibility index (Phi) is 3.27. The van der Waals surface area contributed by atoms with Gasteiger partial charge in [-0.25, -0.2) is 0 Å². The number of halogens is 1. The van der Waals surface area contributed by atoms with Crippen LogP contribution in [0.1, 0.15) is 17.7 Å². The SMILES string of the molecule is OC1(Cc2sccc2Br)CCNCC1. The lowest BCUT2D eigenvalue weighted by Gasteiger charge is -2.32. The summed E-state index contributed by atoms with van der Waals surface area (Å²) < 4.78 is 1.13. The molecule has 2 heterocycles. The van der Waals surface area contributed by atoms with Crippen LogP contribution in [-0.2, 0) is 6.42 Å². The maximum atomic E-state index is 10.3. The molecule has 1 aliphatic rings. The van der Waals surface area contributed by atoms with Crippen LogP contribution >= 0.6 is 27.3 Å². The lowest BCUT2D eigenvalue weighted by atomic mass is 9.88. The van der Waals surface area contributed by atoms with Crippen LogP contribution in [-0.4, -0.2) is 23.8 Å². The Balaban J connectivity index is 2.05. The molecule has 2 rings (SSSR count). The summed E-state index contributed by atoms with van der Waals surface area (Å²) >= 11 is 5.22. The summed E-state index contributed by atoms with van der Waals surface area (Å²) in [7, 11) is 0. The van der Waals surface area contributed by atoms with Gasteiger partial charge in [-0.15, -0.1) is 11.3 Å². The van der Waals surface area contributed by atoms with E-state index in [1.807, 2.05) is 6.07 Å². The number of aliphatic hydroxyl groups is 1. The standard InChI is InChI=1S/C10H14BrNOS/c11-8-1-6-14-9(8)7-10(13)2-4-12-5-3-10/h1,6,12-13H,2-5,7H2. The van der Waals surface area contributed by atoms with Gasteiger partial charge in [-0.3, -0.25) is 0 Å². The monoisotopic (exact) mass is 275 g/mol. The van der Waals surface area contributed by atoms with Crippen LogP contribution in [0.4, 0.5) is 0 Å². The van der Waals surface area contributed by atoms with Gasteiger partial charge in [-0.2, -0.15) is 0 Å². The minimum atomic E-state index is -0.487. The molecule has 0 saturated carbocycles. The molecule has 1 aromatic heterocycles. The van der Waals surface area contributed by atoms with E-state index in [0.717, 1.165) is 36.8 Å². The van der Waals surface area contributed by atoms with E-state index >= 15 is 0 Å². The molecule has 78 valence electrons. The molecule has 0 atom stereocenters. The second-order valence-corrected chi connectivity index (χ2v) is 5.70. The zero-order valence-electron chi connectivity index (χ0n) is 7.92. The molecule has 0 radical (unpaired) electrons. The van der Waals surface area contributed by atoms with Gasteiger partial charge in [0.25, 0.3) is 0 Å². The number of rotatable bonds is 2. The number of nitrogens with one attached hydrogen (secondary N) is 1. The van der Waals surface area contributed by atoms with Crippen molar-refractivity contribution < 1.29 is 5.11 Å². The summed E-state index contributed by atoms with van der Waals surface area (Å²) in [4.78, 5) is 1.26. The van der Waals surface area contributed by atoms with Gasteiger partial charge in [0.05, 0.1) is 5.60 Å². The molecule has 0 unspecified atom stereocenters. The maximum absolute atomic E-state index is 10.3. The van der Waals surface area contributed by atoms with Crippen LogP contribution in [0, 0.1) is 0 Å². The summed E-state index contributed by atoms with van der Waals surface area (Å²) in [5.74, 6) is 0. The second-order valence-electron chi connectivity index (χ2n) is 3.84. The molecule has 2 nitrogen and oxygen atoms in total. The lowest BCUT2D eigenvalue weighted by molar-refractivity contribution is 0.0114. The average Bonchev–Trinajstić information content (AvgIpc) is 2.52. The fourth-order valence-electron chi connectivity index (χ4n) is 1.82. The molecule has 1 fully saturated rings. The summed E-state index contributed by atoms with van der Waals surface area (Å²) in [6.45, 7) is 1.86. The summed E-state index contributed by atoms with van der Waals surface area (Å²) in [6.07, 6.45) is 2.50. The third kappa shape index (κ3) is 2.37. The first-order valence-corrected chi connectivity index (χ1v) is 6.52. The Morgan fingerprint density at radius 2 is 2.21 bits per heavy atom. The Morgan fingerprint density at radius 3 is 2.79 bits per heavy atom. The van der Waals surface area contributed by atoms with Crippen LogP contribution in [0.5, 0.6) is 0 Å². The summed E-state index contributed by atoms with van der Waals surface area (Å²) in [5.41, 5.74) is -0.487. The van der Waals surface area contributed by atoms with Gasteiger partial charge in [0, 0.05) is 15.8 Å². The number of hydrogen-bond donors (Lipinski definition) is 2. The molecule has 2 N–H and O–H groups in total. The fourth-order valence-corrected chi connectivity index (χ4v) is 3.45. The molecular formula is C10H14BrNOS. The maximum Gasteiger partial charge on any atom is 0.0720 e. The molecule has 1 aromatic rings. The van der Waals surface area contributed by atoms with Crippen LogP contribution in [0.2, 0.25) is 0 Å². The molecule has 1 saturated heterocycles. The molecule has 1 aliphatic heterocycles. The average molecular weight is 276 g/mol. The zero-order chi connectivity index (χ0) is 10.0. The summed E-state index contributed by atoms with van der Waals surface area (Å²) in [6, 6.07) is 2.05. The summed E-state index contributed by atoms with van der Waals surface area (Å²) in [5, 5.41) is 15.6. The first kappa shape index (κ1) is 10.6. The first-order valence-electron chi connectivity index (χ1n) is 4.85. The molecule has 0 spiro atoms. The second kappa shape index (κ2) is 4.31. The topological polar surface area (TPSA) is 32.3 Å². The van der Waals surface area contributed by atoms with Gasteiger partial charge < -0.3 is 10.4 Å². The van der Waals surface area contributed by atoms with Crippen LogP contribution in [0.3, 0.4) is 0 Å². The van der Waals surface area contributed by atoms with Gasteiger partial charge >= 0.3 is 0 Å². The Labute approximate surface area is 96.5 Å². The van der Waals surface area contributed by atoms with E-state index in [2.05, 4.69) is 26.6 Å². The highest BCUT2D eigenvalue weighted by Crippen LogP contribution is 2.30. The molecule has 0 amide bonds. The van der Waals surface area contributed by atoms with Gasteiger partial charge in [0.2, 0.25) is 0 Å². The van der Waals surface area contributed by atoms with E-state index in [9.17, 15) is 5.11 Å². The Bertz CT molecular complexity index is 307. The van der Waals surface area contributed by atoms with Crippen molar-refractivity contribution in [2.45, 2.75) is 24.9 Å². The lowest BCUT2D eigenvalue weighted by Crippen LogP contribution is -2.43. The number of thiophene rings is 1. The quantitative estimate of drug-likeness (QED) is 0.867. The van der Waals surface area contributed by atoms with Crippen molar-refractivity contribution in [1.82, 2.24) is 5.32 Å². The third-order valence-corrected chi connectivity index (χ3v) is 4.64. The van der Waals surface area contributed by atoms with Gasteiger partial charge in [-0.05, 0) is 53.3 Å². The Morgan fingerprint density at radius 1 is 1.50 bits per heavy atom.